The Hall–Kier alpha value is -3.90. The van der Waals surface area contributed by atoms with E-state index in [1.54, 1.807) is 36.4 Å². The molecule has 31 heavy (non-hydrogen) atoms. The summed E-state index contributed by atoms with van der Waals surface area (Å²) in [5, 5.41) is 21.7. The Labute approximate surface area is 183 Å². The standard InChI is InChI=1S/C24H17ClN2O4/c1-15-2-6-17(7-3-15)22-13-18(12-16-4-9-20(10-5-16)27(30)31)24(29)26(22)21-11-8-19(25)14-23(21)28/h2-14,28H,1H3/b18-12+. The van der Waals surface area contributed by atoms with E-state index in [-0.39, 0.29) is 17.3 Å². The van der Waals surface area contributed by atoms with Crippen molar-refractivity contribution in [2.75, 3.05) is 4.90 Å². The number of aromatic hydroxyl groups is 1. The van der Waals surface area contributed by atoms with Crippen LogP contribution in [0.15, 0.2) is 78.4 Å². The number of anilines is 1. The largest absolute Gasteiger partial charge is 0.506 e. The molecule has 1 N–H and O–H groups in total. The lowest BCUT2D eigenvalue weighted by molar-refractivity contribution is -0.384. The molecule has 0 fully saturated rings. The van der Waals surface area contributed by atoms with Crippen LogP contribution in [0.1, 0.15) is 16.7 Å². The lowest BCUT2D eigenvalue weighted by Gasteiger charge is -2.22. The number of carbonyl (C=O) groups is 1. The van der Waals surface area contributed by atoms with E-state index in [9.17, 15) is 20.0 Å². The van der Waals surface area contributed by atoms with Crippen LogP contribution in [-0.2, 0) is 4.79 Å². The van der Waals surface area contributed by atoms with Crippen LogP contribution in [0.4, 0.5) is 11.4 Å². The van der Waals surface area contributed by atoms with Crippen molar-refractivity contribution in [3.63, 3.8) is 0 Å². The van der Waals surface area contributed by atoms with E-state index in [1.165, 1.54) is 23.1 Å². The highest BCUT2D eigenvalue weighted by Crippen LogP contribution is 2.40. The van der Waals surface area contributed by atoms with Gasteiger partial charge in [0.25, 0.3) is 11.6 Å². The lowest BCUT2D eigenvalue weighted by Crippen LogP contribution is -2.25. The minimum Gasteiger partial charge on any atom is -0.506 e. The highest BCUT2D eigenvalue weighted by atomic mass is 35.5. The van der Waals surface area contributed by atoms with Crippen LogP contribution in [0.25, 0.3) is 11.8 Å². The summed E-state index contributed by atoms with van der Waals surface area (Å²) in [5.74, 6) is -0.443. The number of benzene rings is 3. The first kappa shape index (κ1) is 20.4. The Balaban J connectivity index is 1.81. The summed E-state index contributed by atoms with van der Waals surface area (Å²) in [6.45, 7) is 1.97. The summed E-state index contributed by atoms with van der Waals surface area (Å²) < 4.78 is 0. The number of amides is 1. The van der Waals surface area contributed by atoms with E-state index in [0.717, 1.165) is 11.1 Å². The summed E-state index contributed by atoms with van der Waals surface area (Å²) in [7, 11) is 0. The second kappa shape index (κ2) is 8.08. The molecule has 0 unspecified atom stereocenters. The van der Waals surface area contributed by atoms with Gasteiger partial charge in [0.2, 0.25) is 0 Å². The monoisotopic (exact) mass is 432 g/mol. The molecule has 0 spiro atoms. The topological polar surface area (TPSA) is 83.7 Å². The Kier molecular flexibility index (Phi) is 5.31. The van der Waals surface area contributed by atoms with Gasteiger partial charge in [-0.25, -0.2) is 0 Å². The maximum atomic E-state index is 13.3. The average molecular weight is 433 g/mol. The minimum atomic E-state index is -0.474. The Morgan fingerprint density at radius 2 is 1.71 bits per heavy atom. The molecule has 1 heterocycles. The number of phenols is 1. The molecule has 7 heteroatoms. The molecule has 0 atom stereocenters. The Morgan fingerprint density at radius 1 is 1.03 bits per heavy atom. The van der Waals surface area contributed by atoms with Crippen molar-refractivity contribution in [2.24, 2.45) is 0 Å². The van der Waals surface area contributed by atoms with Crippen molar-refractivity contribution in [3.8, 4) is 5.75 Å². The van der Waals surface area contributed by atoms with Crippen molar-refractivity contribution >= 4 is 40.7 Å². The van der Waals surface area contributed by atoms with Crippen LogP contribution in [-0.4, -0.2) is 15.9 Å². The molecule has 0 radical (unpaired) electrons. The van der Waals surface area contributed by atoms with Crippen LogP contribution in [0, 0.1) is 17.0 Å². The van der Waals surface area contributed by atoms with Crippen LogP contribution >= 0.6 is 11.6 Å². The first-order chi connectivity index (χ1) is 14.8. The van der Waals surface area contributed by atoms with Crippen molar-refractivity contribution in [1.82, 2.24) is 0 Å². The molecule has 0 bridgehead atoms. The summed E-state index contributed by atoms with van der Waals surface area (Å²) in [6.07, 6.45) is 3.40. The fourth-order valence-corrected chi connectivity index (χ4v) is 3.52. The number of phenolic OH excluding ortho intramolecular Hbond substituents is 1. The fraction of sp³-hybridized carbons (Fsp3) is 0.0417. The van der Waals surface area contributed by atoms with Crippen molar-refractivity contribution < 1.29 is 14.8 Å². The average Bonchev–Trinajstić information content (AvgIpc) is 3.05. The van der Waals surface area contributed by atoms with Crippen molar-refractivity contribution in [3.05, 3.63) is 110 Å². The van der Waals surface area contributed by atoms with Crippen LogP contribution in [0.2, 0.25) is 5.02 Å². The highest BCUT2D eigenvalue weighted by molar-refractivity contribution is 6.31. The van der Waals surface area contributed by atoms with E-state index in [4.69, 9.17) is 11.6 Å². The van der Waals surface area contributed by atoms with Gasteiger partial charge in [-0.3, -0.25) is 19.8 Å². The first-order valence-corrected chi connectivity index (χ1v) is 9.79. The van der Waals surface area contributed by atoms with Gasteiger partial charge in [0.1, 0.15) is 5.75 Å². The zero-order valence-corrected chi connectivity index (χ0v) is 17.2. The molecular weight excluding hydrogens is 416 g/mol. The summed E-state index contributed by atoms with van der Waals surface area (Å²) in [5.41, 5.74) is 3.82. The number of carbonyl (C=O) groups excluding carboxylic acids is 1. The molecule has 6 nitrogen and oxygen atoms in total. The molecule has 0 aromatic heterocycles. The smallest absolute Gasteiger partial charge is 0.269 e. The molecule has 154 valence electrons. The maximum absolute atomic E-state index is 13.3. The van der Waals surface area contributed by atoms with Gasteiger partial charge in [0, 0.05) is 28.8 Å². The van der Waals surface area contributed by atoms with Crippen molar-refractivity contribution in [1.29, 1.82) is 0 Å². The van der Waals surface area contributed by atoms with Gasteiger partial charge in [0.05, 0.1) is 16.3 Å². The zero-order chi connectivity index (χ0) is 22.1. The second-order valence-electron chi connectivity index (χ2n) is 7.12. The molecule has 0 saturated heterocycles. The first-order valence-electron chi connectivity index (χ1n) is 9.41. The second-order valence-corrected chi connectivity index (χ2v) is 7.55. The molecule has 1 amide bonds. The number of nitro benzene ring substituents is 1. The number of rotatable bonds is 4. The molecule has 4 rings (SSSR count). The molecule has 3 aromatic carbocycles. The number of halogens is 1. The third kappa shape index (κ3) is 4.06. The van der Waals surface area contributed by atoms with E-state index in [1.807, 2.05) is 31.2 Å². The predicted molar refractivity (Wildman–Crippen MR) is 121 cm³/mol. The van der Waals surface area contributed by atoms with Gasteiger partial charge in [-0.1, -0.05) is 41.4 Å². The maximum Gasteiger partial charge on any atom is 0.269 e. The number of non-ortho nitro benzene ring substituents is 1. The van der Waals surface area contributed by atoms with Gasteiger partial charge in [-0.2, -0.15) is 0 Å². The molecule has 0 aliphatic carbocycles. The molecule has 1 aliphatic rings. The summed E-state index contributed by atoms with van der Waals surface area (Å²) >= 11 is 5.96. The quantitative estimate of drug-likeness (QED) is 0.324. The Bertz CT molecular complexity index is 1250. The molecule has 3 aromatic rings. The number of hydrogen-bond acceptors (Lipinski definition) is 4. The minimum absolute atomic E-state index is 0.0245. The number of nitro groups is 1. The SMILES string of the molecule is Cc1ccc(C2=C/C(=C\c3ccc([N+](=O)[O-])cc3)C(=O)N2c2ccc(Cl)cc2O)cc1. The van der Waals surface area contributed by atoms with Crippen LogP contribution in [0.3, 0.4) is 0 Å². The highest BCUT2D eigenvalue weighted by Gasteiger charge is 2.32. The number of nitrogens with zero attached hydrogens (tertiary/aromatic N) is 2. The number of hydrogen-bond donors (Lipinski definition) is 1. The molecular formula is C24H17ClN2O4. The Morgan fingerprint density at radius 3 is 2.32 bits per heavy atom. The van der Waals surface area contributed by atoms with Crippen LogP contribution in [0.5, 0.6) is 5.75 Å². The van der Waals surface area contributed by atoms with Crippen LogP contribution < -0.4 is 4.90 Å². The van der Waals surface area contributed by atoms with E-state index < -0.39 is 4.92 Å². The summed E-state index contributed by atoms with van der Waals surface area (Å²) in [4.78, 5) is 25.2. The lowest BCUT2D eigenvalue weighted by atomic mass is 10.1. The summed E-state index contributed by atoms with van der Waals surface area (Å²) in [6, 6.07) is 18.2. The molecule has 0 saturated carbocycles. The number of aryl methyl sites for hydroxylation is 1. The zero-order valence-electron chi connectivity index (χ0n) is 16.4. The van der Waals surface area contributed by atoms with Gasteiger partial charge in [-0.05, 0) is 54.5 Å². The van der Waals surface area contributed by atoms with Gasteiger partial charge >= 0.3 is 0 Å². The molecule has 1 aliphatic heterocycles. The van der Waals surface area contributed by atoms with E-state index in [2.05, 4.69) is 0 Å². The normalized spacial score (nSPS) is 14.8. The van der Waals surface area contributed by atoms with E-state index >= 15 is 0 Å². The fourth-order valence-electron chi connectivity index (χ4n) is 3.35. The third-order valence-electron chi connectivity index (χ3n) is 4.93. The van der Waals surface area contributed by atoms with Crippen molar-refractivity contribution in [2.45, 2.75) is 6.92 Å². The third-order valence-corrected chi connectivity index (χ3v) is 5.17. The predicted octanol–water partition coefficient (Wildman–Crippen LogP) is 5.73. The van der Waals surface area contributed by atoms with Gasteiger partial charge < -0.3 is 5.11 Å². The van der Waals surface area contributed by atoms with E-state index in [0.29, 0.717) is 27.5 Å². The van der Waals surface area contributed by atoms with Gasteiger partial charge in [-0.15, -0.1) is 0 Å². The van der Waals surface area contributed by atoms with Gasteiger partial charge in [0.15, 0.2) is 0 Å².